The van der Waals surface area contributed by atoms with Crippen LogP contribution < -0.4 is 14.2 Å². The highest BCUT2D eigenvalue weighted by atomic mass is 16.7. The molecule has 0 aliphatic carbocycles. The predicted octanol–water partition coefficient (Wildman–Crippen LogP) is 4.27. The molecule has 4 rings (SSSR count). The lowest BCUT2D eigenvalue weighted by Gasteiger charge is -2.29. The number of aliphatic carboxylic acids is 1. The molecular weight excluding hydrogens is 512 g/mol. The Kier molecular flexibility index (Phi) is 10.7. The van der Waals surface area contributed by atoms with Gasteiger partial charge < -0.3 is 29.3 Å². The van der Waals surface area contributed by atoms with Crippen molar-refractivity contribution in [1.29, 1.82) is 0 Å². The number of carboxylic acid groups (broad SMARTS) is 1. The maximum Gasteiger partial charge on any atom is 0.308 e. The number of carbonyl (C=O) groups is 2. The largest absolute Gasteiger partial charge is 0.493 e. The third-order valence-corrected chi connectivity index (χ3v) is 7.93. The molecule has 2 aromatic rings. The van der Waals surface area contributed by atoms with Crippen LogP contribution in [0, 0.1) is 5.92 Å². The fourth-order valence-corrected chi connectivity index (χ4v) is 5.73. The van der Waals surface area contributed by atoms with Gasteiger partial charge in [-0.3, -0.25) is 14.5 Å². The Morgan fingerprint density at radius 3 is 2.48 bits per heavy atom. The zero-order valence-corrected chi connectivity index (χ0v) is 23.6. The van der Waals surface area contributed by atoms with Crippen molar-refractivity contribution in [2.75, 3.05) is 39.6 Å². The molecule has 0 bridgehead atoms. The second kappa shape index (κ2) is 14.4. The maximum atomic E-state index is 13.5. The van der Waals surface area contributed by atoms with E-state index in [0.29, 0.717) is 48.9 Å². The molecule has 2 aliphatic heterocycles. The first-order chi connectivity index (χ1) is 19.5. The number of hydrogen-bond acceptors (Lipinski definition) is 7. The highest BCUT2D eigenvalue weighted by Crippen LogP contribution is 2.42. The molecule has 2 N–H and O–H groups in total. The molecule has 0 radical (unpaired) electrons. The van der Waals surface area contributed by atoms with Gasteiger partial charge in [-0.05, 0) is 43.0 Å². The number of unbranched alkanes of at least 4 members (excludes halogenated alkanes) is 2. The summed E-state index contributed by atoms with van der Waals surface area (Å²) in [5.41, 5.74) is 1.54. The van der Waals surface area contributed by atoms with Gasteiger partial charge >= 0.3 is 5.97 Å². The second-order valence-electron chi connectivity index (χ2n) is 10.6. The number of carboxylic acids is 1. The second-order valence-corrected chi connectivity index (χ2v) is 10.6. The molecule has 9 nitrogen and oxygen atoms in total. The van der Waals surface area contributed by atoms with Crippen LogP contribution in [-0.2, 0) is 16.2 Å². The van der Waals surface area contributed by atoms with Crippen molar-refractivity contribution in [1.82, 2.24) is 9.80 Å². The topological polar surface area (TPSA) is 109 Å². The van der Waals surface area contributed by atoms with Crippen LogP contribution in [0.15, 0.2) is 42.5 Å². The number of rotatable bonds is 15. The number of aliphatic hydroxyl groups excluding tert-OH is 1. The minimum Gasteiger partial charge on any atom is -0.493 e. The van der Waals surface area contributed by atoms with E-state index in [1.54, 1.807) is 12.1 Å². The molecule has 0 aromatic heterocycles. The van der Waals surface area contributed by atoms with Crippen molar-refractivity contribution in [3.05, 3.63) is 53.6 Å². The molecule has 9 heteroatoms. The van der Waals surface area contributed by atoms with E-state index in [1.807, 2.05) is 40.1 Å². The van der Waals surface area contributed by atoms with E-state index in [0.717, 1.165) is 31.2 Å². The number of likely N-dealkylation sites (tertiary alicyclic amines) is 1. The number of benzene rings is 2. The standard InChI is InChI=1S/C31H42N2O7/c1-3-5-14-32(15-6-4-2)29(35)19-33-18-24(22-11-12-27-28(17-22)40-21-39-27)30(31(36)37)25(33)13-16-38-26-10-8-7-9-23(26)20-34/h7-12,17,24-25,30,34H,3-6,13-16,18-21H2,1-2H3,(H,36,37)/t24-,25+,30-/m1/s1. The normalized spacial score (nSPS) is 20.0. The molecular formula is C31H42N2O7. The summed E-state index contributed by atoms with van der Waals surface area (Å²) in [6, 6.07) is 12.5. The van der Waals surface area contributed by atoms with Crippen LogP contribution in [0.1, 0.15) is 63.0 Å². The minimum atomic E-state index is -0.896. The molecule has 3 atom stereocenters. The van der Waals surface area contributed by atoms with Crippen LogP contribution in [0.4, 0.5) is 0 Å². The number of ether oxygens (including phenoxy) is 3. The smallest absolute Gasteiger partial charge is 0.308 e. The van der Waals surface area contributed by atoms with Crippen LogP contribution in [0.2, 0.25) is 0 Å². The van der Waals surface area contributed by atoms with Gasteiger partial charge in [0.2, 0.25) is 12.7 Å². The van der Waals surface area contributed by atoms with Crippen LogP contribution >= 0.6 is 0 Å². The number of aliphatic hydroxyl groups is 1. The minimum absolute atomic E-state index is 0.0360. The van der Waals surface area contributed by atoms with Crippen molar-refractivity contribution >= 4 is 11.9 Å². The molecule has 40 heavy (non-hydrogen) atoms. The van der Waals surface area contributed by atoms with Crippen molar-refractivity contribution in [3.8, 4) is 17.2 Å². The Hall–Kier alpha value is -3.30. The molecule has 2 heterocycles. The zero-order valence-electron chi connectivity index (χ0n) is 23.6. The van der Waals surface area contributed by atoms with Gasteiger partial charge in [-0.25, -0.2) is 0 Å². The van der Waals surface area contributed by atoms with Gasteiger partial charge in [0.25, 0.3) is 0 Å². The van der Waals surface area contributed by atoms with Crippen molar-refractivity contribution in [2.24, 2.45) is 5.92 Å². The third-order valence-electron chi connectivity index (χ3n) is 7.93. The van der Waals surface area contributed by atoms with Gasteiger partial charge in [0.15, 0.2) is 11.5 Å². The molecule has 218 valence electrons. The van der Waals surface area contributed by atoms with Gasteiger partial charge in [0.05, 0.1) is 25.7 Å². The summed E-state index contributed by atoms with van der Waals surface area (Å²) < 4.78 is 17.0. The first-order valence-electron chi connectivity index (χ1n) is 14.4. The van der Waals surface area contributed by atoms with E-state index in [4.69, 9.17) is 14.2 Å². The Labute approximate surface area is 236 Å². The first kappa shape index (κ1) is 29.7. The molecule has 0 saturated carbocycles. The highest BCUT2D eigenvalue weighted by molar-refractivity contribution is 5.79. The summed E-state index contributed by atoms with van der Waals surface area (Å²) in [6.07, 6.45) is 4.31. The van der Waals surface area contributed by atoms with E-state index < -0.39 is 17.9 Å². The lowest BCUT2D eigenvalue weighted by Crippen LogP contribution is -2.45. The quantitative estimate of drug-likeness (QED) is 0.336. The van der Waals surface area contributed by atoms with E-state index in [1.165, 1.54) is 0 Å². The average molecular weight is 555 g/mol. The average Bonchev–Trinajstić information content (AvgIpc) is 3.57. The van der Waals surface area contributed by atoms with Crippen LogP contribution in [-0.4, -0.2) is 77.5 Å². The lowest BCUT2D eigenvalue weighted by molar-refractivity contribution is -0.144. The summed E-state index contributed by atoms with van der Waals surface area (Å²) in [5, 5.41) is 20.1. The fourth-order valence-electron chi connectivity index (χ4n) is 5.73. The highest BCUT2D eigenvalue weighted by Gasteiger charge is 2.47. The van der Waals surface area contributed by atoms with Crippen molar-refractivity contribution < 1.29 is 34.0 Å². The molecule has 1 amide bonds. The first-order valence-corrected chi connectivity index (χ1v) is 14.4. The number of nitrogens with zero attached hydrogens (tertiary/aromatic N) is 2. The Morgan fingerprint density at radius 2 is 1.77 bits per heavy atom. The zero-order chi connectivity index (χ0) is 28.5. The van der Waals surface area contributed by atoms with Gasteiger partial charge in [-0.1, -0.05) is 51.0 Å². The molecule has 2 aromatic carbocycles. The summed E-state index contributed by atoms with van der Waals surface area (Å²) in [5.74, 6) is -0.0762. The van der Waals surface area contributed by atoms with Crippen LogP contribution in [0.3, 0.4) is 0 Å². The molecule has 2 aliphatic rings. The van der Waals surface area contributed by atoms with E-state index in [-0.39, 0.29) is 38.4 Å². The summed E-state index contributed by atoms with van der Waals surface area (Å²) in [4.78, 5) is 30.3. The Bertz CT molecular complexity index is 1130. The van der Waals surface area contributed by atoms with Crippen LogP contribution in [0.5, 0.6) is 17.2 Å². The summed E-state index contributed by atoms with van der Waals surface area (Å²) in [6.45, 7) is 6.52. The summed E-state index contributed by atoms with van der Waals surface area (Å²) >= 11 is 0. The molecule has 1 fully saturated rings. The third kappa shape index (κ3) is 7.06. The van der Waals surface area contributed by atoms with E-state index in [9.17, 15) is 19.8 Å². The van der Waals surface area contributed by atoms with Crippen molar-refractivity contribution in [2.45, 2.75) is 64.5 Å². The number of para-hydroxylation sites is 1. The van der Waals surface area contributed by atoms with Gasteiger partial charge in [0, 0.05) is 37.2 Å². The maximum absolute atomic E-state index is 13.5. The van der Waals surface area contributed by atoms with Crippen LogP contribution in [0.25, 0.3) is 0 Å². The SMILES string of the molecule is CCCCN(CCCC)C(=O)CN1C[C@H](c2ccc3c(c2)OCO3)[C@@H](C(=O)O)[C@@H]1CCOc1ccccc1CO. The number of carbonyl (C=O) groups excluding carboxylic acids is 1. The number of hydrogen-bond donors (Lipinski definition) is 2. The monoisotopic (exact) mass is 554 g/mol. The Balaban J connectivity index is 1.57. The number of amides is 1. The number of fused-ring (bicyclic) bond motifs is 1. The molecule has 1 saturated heterocycles. The van der Waals surface area contributed by atoms with Crippen molar-refractivity contribution in [3.63, 3.8) is 0 Å². The summed E-state index contributed by atoms with van der Waals surface area (Å²) in [7, 11) is 0. The van der Waals surface area contributed by atoms with Gasteiger partial charge in [-0.15, -0.1) is 0 Å². The predicted molar refractivity (Wildman–Crippen MR) is 151 cm³/mol. The van der Waals surface area contributed by atoms with E-state index in [2.05, 4.69) is 13.8 Å². The fraction of sp³-hybridized carbons (Fsp3) is 0.548. The molecule has 0 unspecified atom stereocenters. The van der Waals surface area contributed by atoms with Gasteiger partial charge in [-0.2, -0.15) is 0 Å². The van der Waals surface area contributed by atoms with Gasteiger partial charge in [0.1, 0.15) is 5.75 Å². The lowest BCUT2D eigenvalue weighted by atomic mass is 9.84. The molecule has 0 spiro atoms. The van der Waals surface area contributed by atoms with E-state index >= 15 is 0 Å². The Morgan fingerprint density at radius 1 is 1.05 bits per heavy atom.